The van der Waals surface area contributed by atoms with Crippen LogP contribution in [0, 0.1) is 0 Å². The number of rotatable bonds is 3. The maximum atomic E-state index is 11.3. The standard InChI is InChI=1S/C13H17ClN2O2/c1-18-13(17)8-11-9-16(6-5-15-11)12-4-2-3-10(14)7-12/h2-4,7,11,15H,5-6,8-9H2,1H3. The predicted molar refractivity (Wildman–Crippen MR) is 72.1 cm³/mol. The Labute approximate surface area is 112 Å². The molecular weight excluding hydrogens is 252 g/mol. The Hall–Kier alpha value is -1.26. The monoisotopic (exact) mass is 268 g/mol. The Morgan fingerprint density at radius 1 is 1.61 bits per heavy atom. The van der Waals surface area contributed by atoms with Gasteiger partial charge >= 0.3 is 5.97 Å². The molecule has 4 nitrogen and oxygen atoms in total. The largest absolute Gasteiger partial charge is 0.469 e. The number of methoxy groups -OCH3 is 1. The molecule has 1 aliphatic heterocycles. The molecule has 0 amide bonds. The number of hydrogen-bond acceptors (Lipinski definition) is 4. The van der Waals surface area contributed by atoms with Gasteiger partial charge in [0.15, 0.2) is 0 Å². The number of nitrogens with zero attached hydrogens (tertiary/aromatic N) is 1. The van der Waals surface area contributed by atoms with Gasteiger partial charge in [-0.3, -0.25) is 4.79 Å². The van der Waals surface area contributed by atoms with Crippen LogP contribution < -0.4 is 10.2 Å². The van der Waals surface area contributed by atoms with Gasteiger partial charge in [-0.25, -0.2) is 0 Å². The topological polar surface area (TPSA) is 41.6 Å². The van der Waals surface area contributed by atoms with E-state index in [9.17, 15) is 4.79 Å². The molecule has 0 saturated carbocycles. The molecule has 0 aromatic heterocycles. The van der Waals surface area contributed by atoms with E-state index in [0.29, 0.717) is 6.42 Å². The quantitative estimate of drug-likeness (QED) is 0.847. The van der Waals surface area contributed by atoms with Crippen molar-refractivity contribution in [2.45, 2.75) is 12.5 Å². The van der Waals surface area contributed by atoms with Gasteiger partial charge in [-0.2, -0.15) is 0 Å². The van der Waals surface area contributed by atoms with Crippen LogP contribution in [0.4, 0.5) is 5.69 Å². The number of halogens is 1. The van der Waals surface area contributed by atoms with Crippen molar-refractivity contribution in [2.24, 2.45) is 0 Å². The van der Waals surface area contributed by atoms with E-state index in [1.54, 1.807) is 0 Å². The van der Waals surface area contributed by atoms with Gasteiger partial charge in [0.05, 0.1) is 13.5 Å². The first-order valence-electron chi connectivity index (χ1n) is 6.00. The van der Waals surface area contributed by atoms with E-state index < -0.39 is 0 Å². The van der Waals surface area contributed by atoms with Crippen LogP contribution in [-0.2, 0) is 9.53 Å². The van der Waals surface area contributed by atoms with Crippen LogP contribution in [0.15, 0.2) is 24.3 Å². The number of carbonyl (C=O) groups is 1. The van der Waals surface area contributed by atoms with Gasteiger partial charge in [0.2, 0.25) is 0 Å². The van der Waals surface area contributed by atoms with Crippen molar-refractivity contribution in [2.75, 3.05) is 31.6 Å². The smallest absolute Gasteiger partial charge is 0.307 e. The summed E-state index contributed by atoms with van der Waals surface area (Å²) in [4.78, 5) is 13.5. The highest BCUT2D eigenvalue weighted by Crippen LogP contribution is 2.21. The lowest BCUT2D eigenvalue weighted by atomic mass is 10.1. The van der Waals surface area contributed by atoms with Gasteiger partial charge in [0.25, 0.3) is 0 Å². The summed E-state index contributed by atoms with van der Waals surface area (Å²) >= 11 is 5.99. The second-order valence-electron chi connectivity index (χ2n) is 4.36. The highest BCUT2D eigenvalue weighted by atomic mass is 35.5. The first kappa shape index (κ1) is 13.2. The molecule has 1 N–H and O–H groups in total. The van der Waals surface area contributed by atoms with Crippen molar-refractivity contribution in [1.82, 2.24) is 5.32 Å². The molecule has 1 aromatic rings. The number of nitrogens with one attached hydrogen (secondary N) is 1. The number of hydrogen-bond donors (Lipinski definition) is 1. The minimum absolute atomic E-state index is 0.130. The highest BCUT2D eigenvalue weighted by Gasteiger charge is 2.22. The van der Waals surface area contributed by atoms with E-state index >= 15 is 0 Å². The summed E-state index contributed by atoms with van der Waals surface area (Å²) < 4.78 is 4.69. The van der Waals surface area contributed by atoms with Crippen LogP contribution in [0.2, 0.25) is 5.02 Å². The summed E-state index contributed by atoms with van der Waals surface area (Å²) in [5.74, 6) is -0.180. The van der Waals surface area contributed by atoms with E-state index in [1.165, 1.54) is 7.11 Å². The van der Waals surface area contributed by atoms with Gasteiger partial charge in [-0.1, -0.05) is 17.7 Å². The molecule has 0 spiro atoms. The van der Waals surface area contributed by atoms with E-state index in [1.807, 2.05) is 24.3 Å². The van der Waals surface area contributed by atoms with Crippen LogP contribution >= 0.6 is 11.6 Å². The van der Waals surface area contributed by atoms with Crippen LogP contribution in [0.3, 0.4) is 0 Å². The third-order valence-corrected chi connectivity index (χ3v) is 3.30. The minimum atomic E-state index is -0.180. The molecule has 1 fully saturated rings. The molecule has 0 aliphatic carbocycles. The molecule has 2 rings (SSSR count). The molecule has 5 heteroatoms. The van der Waals surface area contributed by atoms with Crippen LogP contribution in [-0.4, -0.2) is 38.8 Å². The van der Waals surface area contributed by atoms with Gasteiger partial charge in [0, 0.05) is 36.4 Å². The fourth-order valence-corrected chi connectivity index (χ4v) is 2.34. The lowest BCUT2D eigenvalue weighted by Gasteiger charge is -2.35. The van der Waals surface area contributed by atoms with Gasteiger partial charge < -0.3 is 15.0 Å². The number of carbonyl (C=O) groups excluding carboxylic acids is 1. The Kier molecular flexibility index (Phi) is 4.44. The van der Waals surface area contributed by atoms with Crippen molar-refractivity contribution < 1.29 is 9.53 Å². The van der Waals surface area contributed by atoms with Crippen molar-refractivity contribution in [3.63, 3.8) is 0 Å². The summed E-state index contributed by atoms with van der Waals surface area (Å²) in [6, 6.07) is 7.91. The zero-order valence-corrected chi connectivity index (χ0v) is 11.1. The van der Waals surface area contributed by atoms with Crippen molar-refractivity contribution in [3.05, 3.63) is 29.3 Å². The lowest BCUT2D eigenvalue weighted by Crippen LogP contribution is -2.51. The van der Waals surface area contributed by atoms with Crippen molar-refractivity contribution in [3.8, 4) is 0 Å². The fraction of sp³-hybridized carbons (Fsp3) is 0.462. The first-order chi connectivity index (χ1) is 8.69. The summed E-state index contributed by atoms with van der Waals surface area (Å²) in [7, 11) is 1.42. The molecule has 1 aliphatic rings. The maximum Gasteiger partial charge on any atom is 0.307 e. The number of esters is 1. The molecule has 1 atom stereocenters. The summed E-state index contributed by atoms with van der Waals surface area (Å²) in [5.41, 5.74) is 1.10. The first-order valence-corrected chi connectivity index (χ1v) is 6.37. The van der Waals surface area contributed by atoms with Gasteiger partial charge in [0.1, 0.15) is 0 Å². The Balaban J connectivity index is 2.00. The number of piperazine rings is 1. The molecule has 1 heterocycles. The Morgan fingerprint density at radius 2 is 2.44 bits per heavy atom. The second kappa shape index (κ2) is 6.07. The number of ether oxygens (including phenoxy) is 1. The van der Waals surface area contributed by atoms with Crippen molar-refractivity contribution in [1.29, 1.82) is 0 Å². The van der Waals surface area contributed by atoms with E-state index in [4.69, 9.17) is 16.3 Å². The second-order valence-corrected chi connectivity index (χ2v) is 4.79. The Bertz CT molecular complexity index is 425. The lowest BCUT2D eigenvalue weighted by molar-refractivity contribution is -0.141. The molecule has 1 aromatic carbocycles. The molecule has 18 heavy (non-hydrogen) atoms. The van der Waals surface area contributed by atoms with Crippen LogP contribution in [0.5, 0.6) is 0 Å². The van der Waals surface area contributed by atoms with Crippen LogP contribution in [0.25, 0.3) is 0 Å². The van der Waals surface area contributed by atoms with E-state index in [2.05, 4.69) is 10.2 Å². The molecule has 0 radical (unpaired) electrons. The molecule has 98 valence electrons. The SMILES string of the molecule is COC(=O)CC1CN(c2cccc(Cl)c2)CCN1. The summed E-state index contributed by atoms with van der Waals surface area (Å²) in [6.45, 7) is 2.56. The molecule has 0 bridgehead atoms. The number of benzene rings is 1. The third-order valence-electron chi connectivity index (χ3n) is 3.07. The predicted octanol–water partition coefficient (Wildman–Crippen LogP) is 1.68. The van der Waals surface area contributed by atoms with Crippen LogP contribution in [0.1, 0.15) is 6.42 Å². The molecule has 1 saturated heterocycles. The maximum absolute atomic E-state index is 11.3. The van der Waals surface area contributed by atoms with Gasteiger partial charge in [-0.15, -0.1) is 0 Å². The average molecular weight is 269 g/mol. The zero-order valence-electron chi connectivity index (χ0n) is 10.4. The van der Waals surface area contributed by atoms with E-state index in [0.717, 1.165) is 30.3 Å². The third kappa shape index (κ3) is 3.37. The number of anilines is 1. The zero-order chi connectivity index (χ0) is 13.0. The summed E-state index contributed by atoms with van der Waals surface area (Å²) in [5, 5.41) is 4.06. The van der Waals surface area contributed by atoms with Crippen molar-refractivity contribution >= 4 is 23.3 Å². The van der Waals surface area contributed by atoms with Gasteiger partial charge in [-0.05, 0) is 18.2 Å². The average Bonchev–Trinajstić information content (AvgIpc) is 2.39. The Morgan fingerprint density at radius 3 is 3.17 bits per heavy atom. The summed E-state index contributed by atoms with van der Waals surface area (Å²) in [6.07, 6.45) is 0.396. The molecule has 1 unspecified atom stereocenters. The normalized spacial score (nSPS) is 19.7. The highest BCUT2D eigenvalue weighted by molar-refractivity contribution is 6.30. The molecular formula is C13H17ClN2O2. The fourth-order valence-electron chi connectivity index (χ4n) is 2.15. The van der Waals surface area contributed by atoms with E-state index in [-0.39, 0.29) is 12.0 Å². The minimum Gasteiger partial charge on any atom is -0.469 e.